The van der Waals surface area contributed by atoms with Crippen molar-refractivity contribution in [1.82, 2.24) is 9.55 Å². The number of ether oxygens (including phenoxy) is 1. The van der Waals surface area contributed by atoms with Crippen LogP contribution >= 0.6 is 11.8 Å². The van der Waals surface area contributed by atoms with E-state index in [9.17, 15) is 13.2 Å². The number of nitrogens with two attached hydrogens (primary N) is 1. The van der Waals surface area contributed by atoms with E-state index >= 15 is 0 Å². The second kappa shape index (κ2) is 8.34. The molecule has 1 heterocycles. The van der Waals surface area contributed by atoms with Gasteiger partial charge in [0.2, 0.25) is 10.0 Å². The summed E-state index contributed by atoms with van der Waals surface area (Å²) < 4.78 is 30.2. The molecule has 0 aliphatic carbocycles. The molecule has 1 atom stereocenters. The lowest BCUT2D eigenvalue weighted by atomic mass is 10.1. The van der Waals surface area contributed by atoms with E-state index in [1.807, 2.05) is 41.8 Å². The van der Waals surface area contributed by atoms with Gasteiger partial charge in [0.15, 0.2) is 5.16 Å². The van der Waals surface area contributed by atoms with Crippen molar-refractivity contribution in [2.24, 2.45) is 5.14 Å². The van der Waals surface area contributed by atoms with Gasteiger partial charge in [0.1, 0.15) is 5.25 Å². The van der Waals surface area contributed by atoms with Crippen LogP contribution in [0.1, 0.15) is 12.5 Å². The predicted molar refractivity (Wildman–Crippen MR) is 109 cm³/mol. The van der Waals surface area contributed by atoms with Crippen molar-refractivity contribution in [3.05, 3.63) is 54.1 Å². The lowest BCUT2D eigenvalue weighted by Gasteiger charge is -2.15. The second-order valence-corrected chi connectivity index (χ2v) is 8.88. The van der Waals surface area contributed by atoms with E-state index in [1.165, 1.54) is 31.0 Å². The lowest BCUT2D eigenvalue weighted by molar-refractivity contribution is -0.139. The van der Waals surface area contributed by atoms with Gasteiger partial charge < -0.3 is 9.30 Å². The van der Waals surface area contributed by atoms with Crippen LogP contribution in [0.15, 0.2) is 58.6 Å². The Kier molecular flexibility index (Phi) is 6.07. The van der Waals surface area contributed by atoms with Crippen molar-refractivity contribution in [3.8, 4) is 0 Å². The van der Waals surface area contributed by atoms with Gasteiger partial charge in [-0.25, -0.2) is 18.5 Å². The number of primary sulfonamides is 1. The Morgan fingerprint density at radius 1 is 1.25 bits per heavy atom. The Hall–Kier alpha value is -2.36. The number of aryl methyl sites for hydroxylation is 1. The number of fused-ring (bicyclic) bond motifs is 1. The van der Waals surface area contributed by atoms with Crippen LogP contribution in [0, 0.1) is 0 Å². The van der Waals surface area contributed by atoms with Crippen LogP contribution in [0.25, 0.3) is 11.0 Å². The molecule has 28 heavy (non-hydrogen) atoms. The molecule has 9 heteroatoms. The summed E-state index contributed by atoms with van der Waals surface area (Å²) in [6, 6.07) is 14.3. The fourth-order valence-electron chi connectivity index (χ4n) is 2.92. The summed E-state index contributed by atoms with van der Waals surface area (Å²) in [5.41, 5.74) is 2.31. The number of carbonyl (C=O) groups is 1. The molecule has 3 rings (SSSR count). The summed E-state index contributed by atoms with van der Waals surface area (Å²) >= 11 is 1.30. The van der Waals surface area contributed by atoms with Crippen molar-refractivity contribution in [1.29, 1.82) is 0 Å². The molecule has 3 aromatic rings. The average molecular weight is 420 g/mol. The fourth-order valence-corrected chi connectivity index (χ4v) is 4.68. The Bertz CT molecular complexity index is 1100. The van der Waals surface area contributed by atoms with Crippen LogP contribution in [-0.2, 0) is 32.5 Å². The second-order valence-electron chi connectivity index (χ2n) is 6.15. The molecule has 0 unspecified atom stereocenters. The molecular weight excluding hydrogens is 398 g/mol. The van der Waals surface area contributed by atoms with Gasteiger partial charge >= 0.3 is 5.97 Å². The molecule has 2 N–H and O–H groups in total. The molecule has 2 aromatic carbocycles. The standard InChI is InChI=1S/C19H21N3O4S2/c1-3-22-16-10-9-14(28(20,24)25)12-15(16)21-19(22)27-17(18(23)26-2)11-13-7-5-4-6-8-13/h4-10,12,17H,3,11H2,1-2H3,(H2,20,24,25)/t17-/m1/s1. The summed E-state index contributed by atoms with van der Waals surface area (Å²) in [6.07, 6.45) is 0.494. The van der Waals surface area contributed by atoms with Crippen molar-refractivity contribution in [3.63, 3.8) is 0 Å². The van der Waals surface area contributed by atoms with Gasteiger partial charge in [0.25, 0.3) is 0 Å². The third-order valence-corrected chi connectivity index (χ3v) is 6.38. The topological polar surface area (TPSA) is 104 Å². The number of benzene rings is 2. The number of hydrogen-bond donors (Lipinski definition) is 1. The first-order chi connectivity index (χ1) is 13.3. The highest BCUT2D eigenvalue weighted by atomic mass is 32.2. The minimum absolute atomic E-state index is 0.00565. The van der Waals surface area contributed by atoms with E-state index in [1.54, 1.807) is 6.07 Å². The SMILES string of the molecule is CCn1c(S[C@H](Cc2ccccc2)C(=O)OC)nc2cc(S(N)(=O)=O)ccc21. The number of nitrogens with zero attached hydrogens (tertiary/aromatic N) is 2. The molecule has 1 aromatic heterocycles. The van der Waals surface area contributed by atoms with Crippen molar-refractivity contribution < 1.29 is 17.9 Å². The number of hydrogen-bond acceptors (Lipinski definition) is 6. The summed E-state index contributed by atoms with van der Waals surface area (Å²) in [4.78, 5) is 16.9. The number of imidazole rings is 1. The minimum Gasteiger partial charge on any atom is -0.468 e. The van der Waals surface area contributed by atoms with Crippen molar-refractivity contribution in [2.75, 3.05) is 7.11 Å². The van der Waals surface area contributed by atoms with Gasteiger partial charge in [-0.2, -0.15) is 0 Å². The highest BCUT2D eigenvalue weighted by Crippen LogP contribution is 2.30. The zero-order valence-electron chi connectivity index (χ0n) is 15.5. The molecule has 0 saturated heterocycles. The van der Waals surface area contributed by atoms with Crippen LogP contribution < -0.4 is 5.14 Å². The van der Waals surface area contributed by atoms with Gasteiger partial charge in [-0.15, -0.1) is 0 Å². The average Bonchev–Trinajstić information content (AvgIpc) is 3.03. The van der Waals surface area contributed by atoms with Gasteiger partial charge in [-0.05, 0) is 37.1 Å². The highest BCUT2D eigenvalue weighted by molar-refractivity contribution is 8.00. The van der Waals surface area contributed by atoms with E-state index in [2.05, 4.69) is 4.98 Å². The zero-order valence-corrected chi connectivity index (χ0v) is 17.2. The third kappa shape index (κ3) is 4.37. The molecule has 0 aliphatic rings. The number of sulfonamides is 1. The Morgan fingerprint density at radius 3 is 2.57 bits per heavy atom. The van der Waals surface area contributed by atoms with E-state index in [0.717, 1.165) is 11.1 Å². The zero-order chi connectivity index (χ0) is 20.3. The maximum absolute atomic E-state index is 12.3. The largest absolute Gasteiger partial charge is 0.468 e. The van der Waals surface area contributed by atoms with Crippen molar-refractivity contribution >= 4 is 38.8 Å². The molecule has 0 amide bonds. The monoisotopic (exact) mass is 419 g/mol. The first-order valence-electron chi connectivity index (χ1n) is 8.65. The Labute approximate surface area is 167 Å². The summed E-state index contributed by atoms with van der Waals surface area (Å²) in [5.74, 6) is -0.339. The number of aromatic nitrogens is 2. The van der Waals surface area contributed by atoms with E-state index in [4.69, 9.17) is 9.88 Å². The summed E-state index contributed by atoms with van der Waals surface area (Å²) in [6.45, 7) is 2.58. The minimum atomic E-state index is -3.82. The van der Waals surface area contributed by atoms with Crippen LogP contribution in [0.2, 0.25) is 0 Å². The molecule has 0 saturated carbocycles. The van der Waals surface area contributed by atoms with Crippen LogP contribution in [-0.4, -0.2) is 36.3 Å². The maximum atomic E-state index is 12.3. The third-order valence-electron chi connectivity index (χ3n) is 4.31. The molecule has 0 spiro atoms. The van der Waals surface area contributed by atoms with Gasteiger partial charge in [0.05, 0.1) is 23.0 Å². The van der Waals surface area contributed by atoms with Crippen LogP contribution in [0.3, 0.4) is 0 Å². The molecule has 0 fully saturated rings. The van der Waals surface area contributed by atoms with Crippen molar-refractivity contribution in [2.45, 2.75) is 35.2 Å². The predicted octanol–water partition coefficient (Wildman–Crippen LogP) is 2.58. The first kappa shape index (κ1) is 20.4. The Morgan fingerprint density at radius 2 is 1.96 bits per heavy atom. The molecule has 0 aliphatic heterocycles. The van der Waals surface area contributed by atoms with Crippen LogP contribution in [0.4, 0.5) is 0 Å². The summed E-state index contributed by atoms with van der Waals surface area (Å²) in [7, 11) is -2.45. The molecule has 7 nitrogen and oxygen atoms in total. The van der Waals surface area contributed by atoms with Gasteiger partial charge in [-0.3, -0.25) is 4.79 Å². The quantitative estimate of drug-likeness (QED) is 0.466. The van der Waals surface area contributed by atoms with E-state index in [0.29, 0.717) is 23.6 Å². The van der Waals surface area contributed by atoms with E-state index in [-0.39, 0.29) is 10.9 Å². The highest BCUT2D eigenvalue weighted by Gasteiger charge is 2.25. The lowest BCUT2D eigenvalue weighted by Crippen LogP contribution is -2.22. The molecular formula is C19H21N3O4S2. The number of methoxy groups -OCH3 is 1. The molecule has 148 valence electrons. The number of carbonyl (C=O) groups excluding carboxylic acids is 1. The molecule has 0 bridgehead atoms. The smallest absolute Gasteiger partial charge is 0.319 e. The fraction of sp³-hybridized carbons (Fsp3) is 0.263. The van der Waals surface area contributed by atoms with Gasteiger partial charge in [0, 0.05) is 6.54 Å². The maximum Gasteiger partial charge on any atom is 0.319 e. The number of rotatable bonds is 7. The Balaban J connectivity index is 1.99. The number of thioether (sulfide) groups is 1. The van der Waals surface area contributed by atoms with E-state index < -0.39 is 15.3 Å². The molecule has 0 radical (unpaired) electrons. The van der Waals surface area contributed by atoms with Crippen LogP contribution in [0.5, 0.6) is 0 Å². The normalized spacial score (nSPS) is 12.8. The number of esters is 1. The summed E-state index contributed by atoms with van der Waals surface area (Å²) in [5, 5.41) is 5.36. The first-order valence-corrected chi connectivity index (χ1v) is 11.1. The van der Waals surface area contributed by atoms with Gasteiger partial charge in [-0.1, -0.05) is 42.1 Å².